The van der Waals surface area contributed by atoms with Crippen molar-refractivity contribution in [1.29, 1.82) is 0 Å². The lowest BCUT2D eigenvalue weighted by molar-refractivity contribution is -0.118. The highest BCUT2D eigenvalue weighted by Crippen LogP contribution is 2.17. The van der Waals surface area contributed by atoms with Gasteiger partial charge in [0.05, 0.1) is 16.7 Å². The molecular formula is C17H23N3O2S. The molecule has 1 heterocycles. The number of thioether (sulfide) groups is 1. The molecule has 5 nitrogen and oxygen atoms in total. The van der Waals surface area contributed by atoms with Crippen LogP contribution < -0.4 is 10.9 Å². The van der Waals surface area contributed by atoms with Gasteiger partial charge in [-0.2, -0.15) is 0 Å². The van der Waals surface area contributed by atoms with Gasteiger partial charge < -0.3 is 5.32 Å². The molecule has 1 amide bonds. The van der Waals surface area contributed by atoms with Crippen LogP contribution in [-0.2, 0) is 11.3 Å². The maximum Gasteiger partial charge on any atom is 0.262 e. The van der Waals surface area contributed by atoms with Gasteiger partial charge in [0.25, 0.3) is 5.56 Å². The quantitative estimate of drug-likeness (QED) is 0.625. The van der Waals surface area contributed by atoms with E-state index in [1.807, 2.05) is 25.1 Å². The fraction of sp³-hybridized carbons (Fsp3) is 0.471. The predicted octanol–water partition coefficient (Wildman–Crippen LogP) is 2.67. The Morgan fingerprint density at radius 2 is 2.09 bits per heavy atom. The lowest BCUT2D eigenvalue weighted by Crippen LogP contribution is -2.28. The van der Waals surface area contributed by atoms with Crippen molar-refractivity contribution >= 4 is 28.6 Å². The first-order valence-electron chi connectivity index (χ1n) is 7.92. The summed E-state index contributed by atoms with van der Waals surface area (Å²) in [6, 6.07) is 7.30. The maximum atomic E-state index is 12.5. The minimum absolute atomic E-state index is 0.0271. The van der Waals surface area contributed by atoms with E-state index in [4.69, 9.17) is 0 Å². The van der Waals surface area contributed by atoms with Crippen LogP contribution in [-0.4, -0.2) is 27.8 Å². The number of benzene rings is 1. The molecule has 1 aromatic heterocycles. The number of hydrogen-bond acceptors (Lipinski definition) is 4. The topological polar surface area (TPSA) is 64.0 Å². The molecule has 0 radical (unpaired) electrons. The predicted molar refractivity (Wildman–Crippen MR) is 94.9 cm³/mol. The summed E-state index contributed by atoms with van der Waals surface area (Å²) in [6.07, 6.45) is 0.963. The zero-order valence-electron chi connectivity index (χ0n) is 13.8. The molecule has 1 aromatic carbocycles. The highest BCUT2D eigenvalue weighted by Gasteiger charge is 2.12. The third-order valence-electron chi connectivity index (χ3n) is 3.52. The first-order valence-corrected chi connectivity index (χ1v) is 8.90. The second-order valence-corrected chi connectivity index (χ2v) is 6.72. The number of para-hydroxylation sites is 1. The minimum Gasteiger partial charge on any atom is -0.355 e. The Morgan fingerprint density at radius 1 is 1.35 bits per heavy atom. The average molecular weight is 333 g/mol. The number of rotatable bonds is 7. The Bertz CT molecular complexity index is 740. The van der Waals surface area contributed by atoms with Gasteiger partial charge in [-0.3, -0.25) is 14.2 Å². The van der Waals surface area contributed by atoms with Gasteiger partial charge in [-0.25, -0.2) is 4.98 Å². The molecule has 0 aliphatic carbocycles. The smallest absolute Gasteiger partial charge is 0.262 e. The number of fused-ring (bicyclic) bond motifs is 1. The van der Waals surface area contributed by atoms with Crippen molar-refractivity contribution < 1.29 is 4.79 Å². The van der Waals surface area contributed by atoms with Gasteiger partial charge in [0.1, 0.15) is 0 Å². The Morgan fingerprint density at radius 3 is 2.78 bits per heavy atom. The first kappa shape index (κ1) is 17.5. The molecule has 0 saturated heterocycles. The Labute approximate surface area is 140 Å². The van der Waals surface area contributed by atoms with E-state index in [1.165, 1.54) is 11.8 Å². The lowest BCUT2D eigenvalue weighted by Gasteiger charge is -2.11. The van der Waals surface area contributed by atoms with Gasteiger partial charge in [-0.15, -0.1) is 0 Å². The van der Waals surface area contributed by atoms with E-state index in [9.17, 15) is 9.59 Å². The summed E-state index contributed by atoms with van der Waals surface area (Å²) in [5.74, 6) is 0.805. The molecular weight excluding hydrogens is 310 g/mol. The largest absolute Gasteiger partial charge is 0.355 e. The standard InChI is InChI=1S/C17H23N3O2S/c1-4-20-16(22)13-7-5-6-8-14(13)19-17(20)23-11-15(21)18-10-9-12(2)3/h5-8,12H,4,9-11H2,1-3H3,(H,18,21). The molecule has 0 spiro atoms. The fourth-order valence-electron chi connectivity index (χ4n) is 2.22. The molecule has 6 heteroatoms. The molecule has 0 atom stereocenters. The zero-order valence-corrected chi connectivity index (χ0v) is 14.7. The molecule has 0 aliphatic rings. The van der Waals surface area contributed by atoms with Crippen LogP contribution in [0.15, 0.2) is 34.2 Å². The fourth-order valence-corrected chi connectivity index (χ4v) is 3.11. The molecule has 2 rings (SSSR count). The number of hydrogen-bond donors (Lipinski definition) is 1. The number of amides is 1. The van der Waals surface area contributed by atoms with Crippen LogP contribution in [0.25, 0.3) is 10.9 Å². The summed E-state index contributed by atoms with van der Waals surface area (Å²) in [5, 5.41) is 4.10. The molecule has 0 fully saturated rings. The van der Waals surface area contributed by atoms with Crippen LogP contribution in [0, 0.1) is 5.92 Å². The summed E-state index contributed by atoms with van der Waals surface area (Å²) in [5.41, 5.74) is 0.616. The Balaban J connectivity index is 2.10. The van der Waals surface area contributed by atoms with Crippen LogP contribution in [0.1, 0.15) is 27.2 Å². The summed E-state index contributed by atoms with van der Waals surface area (Å²) < 4.78 is 1.62. The number of aromatic nitrogens is 2. The van der Waals surface area contributed by atoms with E-state index < -0.39 is 0 Å². The third kappa shape index (κ3) is 4.58. The van der Waals surface area contributed by atoms with Gasteiger partial charge in [-0.1, -0.05) is 37.7 Å². The SMILES string of the molecule is CCn1c(SCC(=O)NCCC(C)C)nc2ccccc2c1=O. The molecule has 0 bridgehead atoms. The molecule has 0 aliphatic heterocycles. The van der Waals surface area contributed by atoms with Crippen molar-refractivity contribution in [3.05, 3.63) is 34.6 Å². The van der Waals surface area contributed by atoms with Crippen LogP contribution >= 0.6 is 11.8 Å². The van der Waals surface area contributed by atoms with Crippen LogP contribution in [0.5, 0.6) is 0 Å². The number of carbonyl (C=O) groups excluding carboxylic acids is 1. The first-order chi connectivity index (χ1) is 11.0. The van der Waals surface area contributed by atoms with E-state index >= 15 is 0 Å². The highest BCUT2D eigenvalue weighted by molar-refractivity contribution is 7.99. The zero-order chi connectivity index (χ0) is 16.8. The molecule has 1 N–H and O–H groups in total. The van der Waals surface area contributed by atoms with Gasteiger partial charge in [0, 0.05) is 13.1 Å². The monoisotopic (exact) mass is 333 g/mol. The average Bonchev–Trinajstić information content (AvgIpc) is 2.53. The molecule has 124 valence electrons. The van der Waals surface area contributed by atoms with Crippen molar-refractivity contribution in [2.24, 2.45) is 5.92 Å². The van der Waals surface area contributed by atoms with Crippen LogP contribution in [0.2, 0.25) is 0 Å². The van der Waals surface area contributed by atoms with Crippen LogP contribution in [0.4, 0.5) is 0 Å². The second-order valence-electron chi connectivity index (χ2n) is 5.78. The number of carbonyl (C=O) groups is 1. The lowest BCUT2D eigenvalue weighted by atomic mass is 10.1. The van der Waals surface area contributed by atoms with Gasteiger partial charge in [-0.05, 0) is 31.4 Å². The van der Waals surface area contributed by atoms with Crippen molar-refractivity contribution in [1.82, 2.24) is 14.9 Å². The Kier molecular flexibility index (Phi) is 6.21. The van der Waals surface area contributed by atoms with Crippen LogP contribution in [0.3, 0.4) is 0 Å². The second kappa shape index (κ2) is 8.15. The summed E-state index contributed by atoms with van der Waals surface area (Å²) >= 11 is 1.31. The molecule has 2 aromatic rings. The van der Waals surface area contributed by atoms with Crippen molar-refractivity contribution in [2.45, 2.75) is 38.9 Å². The molecule has 23 heavy (non-hydrogen) atoms. The number of nitrogens with zero attached hydrogens (tertiary/aromatic N) is 2. The van der Waals surface area contributed by atoms with Gasteiger partial charge in [0.2, 0.25) is 5.91 Å². The summed E-state index contributed by atoms with van der Waals surface area (Å²) in [7, 11) is 0. The third-order valence-corrected chi connectivity index (χ3v) is 4.50. The van der Waals surface area contributed by atoms with E-state index in [0.29, 0.717) is 35.1 Å². The van der Waals surface area contributed by atoms with E-state index in [2.05, 4.69) is 24.1 Å². The maximum absolute atomic E-state index is 12.5. The van der Waals surface area contributed by atoms with Crippen molar-refractivity contribution in [2.75, 3.05) is 12.3 Å². The Hall–Kier alpha value is -1.82. The van der Waals surface area contributed by atoms with E-state index in [0.717, 1.165) is 6.42 Å². The van der Waals surface area contributed by atoms with Gasteiger partial charge in [0.15, 0.2) is 5.16 Å². The van der Waals surface area contributed by atoms with Crippen molar-refractivity contribution in [3.63, 3.8) is 0 Å². The van der Waals surface area contributed by atoms with E-state index in [1.54, 1.807) is 10.6 Å². The number of nitrogens with one attached hydrogen (secondary N) is 1. The normalized spacial score (nSPS) is 11.1. The highest BCUT2D eigenvalue weighted by atomic mass is 32.2. The summed E-state index contributed by atoms with van der Waals surface area (Å²) in [6.45, 7) is 7.38. The van der Waals surface area contributed by atoms with Crippen molar-refractivity contribution in [3.8, 4) is 0 Å². The minimum atomic E-state index is -0.0548. The molecule has 0 unspecified atom stereocenters. The van der Waals surface area contributed by atoms with Gasteiger partial charge >= 0.3 is 0 Å². The molecule has 0 saturated carbocycles. The van der Waals surface area contributed by atoms with E-state index in [-0.39, 0.29) is 17.2 Å². The summed E-state index contributed by atoms with van der Waals surface area (Å²) in [4.78, 5) is 28.9.